The summed E-state index contributed by atoms with van der Waals surface area (Å²) in [5.41, 5.74) is 0.966. The summed E-state index contributed by atoms with van der Waals surface area (Å²) in [6.07, 6.45) is 4.23. The molecule has 0 spiro atoms. The smallest absolute Gasteiger partial charge is 0.264 e. The third-order valence-corrected chi connectivity index (χ3v) is 9.62. The van der Waals surface area contributed by atoms with E-state index in [0.717, 1.165) is 35.6 Å². The fourth-order valence-electron chi connectivity index (χ4n) is 5.29. The van der Waals surface area contributed by atoms with Crippen LogP contribution in [0.3, 0.4) is 0 Å². The van der Waals surface area contributed by atoms with Crippen molar-refractivity contribution in [1.82, 2.24) is 10.2 Å². The summed E-state index contributed by atoms with van der Waals surface area (Å²) in [5, 5.41) is 3.43. The number of nitrogens with one attached hydrogen (secondary N) is 1. The fraction of sp³-hybridized carbons (Fsp3) is 0.375. The number of methoxy groups -OCH3 is 2. The molecule has 230 valence electrons. The normalized spacial score (nSPS) is 14.1. The van der Waals surface area contributed by atoms with Crippen LogP contribution in [0, 0.1) is 0 Å². The number of hydrogen-bond acceptors (Lipinski definition) is 6. The van der Waals surface area contributed by atoms with Gasteiger partial charge in [-0.05, 0) is 79.4 Å². The molecule has 43 heavy (non-hydrogen) atoms. The van der Waals surface area contributed by atoms with Crippen molar-refractivity contribution in [1.29, 1.82) is 0 Å². The van der Waals surface area contributed by atoms with Gasteiger partial charge in [0.1, 0.15) is 24.1 Å². The summed E-state index contributed by atoms with van der Waals surface area (Å²) < 4.78 is 39.6. The van der Waals surface area contributed by atoms with Crippen molar-refractivity contribution in [3.05, 3.63) is 83.4 Å². The number of halogens is 1. The Balaban J connectivity index is 1.72. The van der Waals surface area contributed by atoms with E-state index in [1.165, 1.54) is 30.2 Å². The van der Waals surface area contributed by atoms with E-state index in [9.17, 15) is 18.0 Å². The van der Waals surface area contributed by atoms with Crippen molar-refractivity contribution >= 4 is 39.1 Å². The molecule has 1 aliphatic rings. The Kier molecular flexibility index (Phi) is 10.9. The van der Waals surface area contributed by atoms with Crippen LogP contribution in [0.2, 0.25) is 5.02 Å². The number of benzene rings is 3. The van der Waals surface area contributed by atoms with Crippen LogP contribution >= 0.6 is 11.6 Å². The van der Waals surface area contributed by atoms with Crippen molar-refractivity contribution in [2.45, 2.75) is 62.6 Å². The van der Waals surface area contributed by atoms with Gasteiger partial charge >= 0.3 is 0 Å². The van der Waals surface area contributed by atoms with Gasteiger partial charge in [-0.15, -0.1) is 0 Å². The number of carbonyl (C=O) groups excluding carboxylic acids is 2. The third-order valence-electron chi connectivity index (χ3n) is 7.60. The van der Waals surface area contributed by atoms with Crippen molar-refractivity contribution in [3.63, 3.8) is 0 Å². The highest BCUT2D eigenvalue weighted by Gasteiger charge is 2.34. The van der Waals surface area contributed by atoms with Crippen LogP contribution in [-0.4, -0.2) is 58.0 Å². The van der Waals surface area contributed by atoms with Crippen LogP contribution in [0.15, 0.2) is 77.7 Å². The van der Waals surface area contributed by atoms with Gasteiger partial charge < -0.3 is 19.7 Å². The van der Waals surface area contributed by atoms with E-state index >= 15 is 0 Å². The number of anilines is 1. The predicted molar refractivity (Wildman–Crippen MR) is 167 cm³/mol. The molecule has 2 amide bonds. The highest BCUT2D eigenvalue weighted by Crippen LogP contribution is 2.28. The standard InChI is InChI=1S/C32H38ClN3O6S/c1-4-30(32(38)34-25-11-5-6-12-25)35(21-23-9-7-14-28(19-23)42-3)31(37)22-36(26-13-8-10-24(33)20-26)43(39,40)29-17-15-27(41-2)16-18-29/h7-10,13-20,25,30H,4-6,11-12,21-22H2,1-3H3,(H,34,38)/t30-/m0/s1. The monoisotopic (exact) mass is 627 g/mol. The van der Waals surface area contributed by atoms with E-state index in [1.54, 1.807) is 49.6 Å². The van der Waals surface area contributed by atoms with Gasteiger partial charge in [0.25, 0.3) is 10.0 Å². The molecule has 0 aromatic heterocycles. The molecule has 1 N–H and O–H groups in total. The molecule has 11 heteroatoms. The lowest BCUT2D eigenvalue weighted by molar-refractivity contribution is -0.140. The van der Waals surface area contributed by atoms with Crippen molar-refractivity contribution < 1.29 is 27.5 Å². The molecule has 0 heterocycles. The van der Waals surface area contributed by atoms with Gasteiger partial charge in [-0.2, -0.15) is 0 Å². The quantitative estimate of drug-likeness (QED) is 0.271. The molecule has 0 unspecified atom stereocenters. The van der Waals surface area contributed by atoms with Crippen LogP contribution in [0.5, 0.6) is 11.5 Å². The number of rotatable bonds is 13. The van der Waals surface area contributed by atoms with Gasteiger partial charge in [0.05, 0.1) is 24.8 Å². The minimum absolute atomic E-state index is 0.0218. The van der Waals surface area contributed by atoms with E-state index < -0.39 is 28.5 Å². The van der Waals surface area contributed by atoms with Gasteiger partial charge in [0, 0.05) is 17.6 Å². The molecule has 9 nitrogen and oxygen atoms in total. The molecule has 3 aromatic carbocycles. The zero-order valence-electron chi connectivity index (χ0n) is 24.7. The first-order valence-electron chi connectivity index (χ1n) is 14.3. The van der Waals surface area contributed by atoms with Gasteiger partial charge in [-0.1, -0.05) is 49.6 Å². The first-order valence-corrected chi connectivity index (χ1v) is 16.1. The maximum absolute atomic E-state index is 14.2. The Morgan fingerprint density at radius 1 is 0.953 bits per heavy atom. The second-order valence-corrected chi connectivity index (χ2v) is 12.8. The first kappa shape index (κ1) is 32.2. The molecule has 1 aliphatic carbocycles. The molecule has 0 saturated heterocycles. The Labute approximate surface area is 258 Å². The highest BCUT2D eigenvalue weighted by molar-refractivity contribution is 7.92. The maximum Gasteiger partial charge on any atom is 0.264 e. The Morgan fingerprint density at radius 3 is 2.26 bits per heavy atom. The summed E-state index contributed by atoms with van der Waals surface area (Å²) in [6, 6.07) is 18.7. The molecule has 4 rings (SSSR count). The van der Waals surface area contributed by atoms with Gasteiger partial charge in [0.2, 0.25) is 11.8 Å². The number of nitrogens with zero attached hydrogens (tertiary/aromatic N) is 2. The molecule has 0 bridgehead atoms. The Bertz CT molecular complexity index is 1510. The predicted octanol–water partition coefficient (Wildman–Crippen LogP) is 5.42. The zero-order valence-corrected chi connectivity index (χ0v) is 26.2. The number of hydrogen-bond donors (Lipinski definition) is 1. The molecule has 3 aromatic rings. The number of sulfonamides is 1. The van der Waals surface area contributed by atoms with E-state index in [4.69, 9.17) is 21.1 Å². The zero-order chi connectivity index (χ0) is 31.0. The number of carbonyl (C=O) groups is 2. The average Bonchev–Trinajstić information content (AvgIpc) is 3.52. The molecule has 0 aliphatic heterocycles. The Morgan fingerprint density at radius 2 is 1.63 bits per heavy atom. The van der Waals surface area contributed by atoms with Gasteiger partial charge in [-0.25, -0.2) is 8.42 Å². The second kappa shape index (κ2) is 14.6. The van der Waals surface area contributed by atoms with Crippen LogP contribution in [0.4, 0.5) is 5.69 Å². The molecule has 1 saturated carbocycles. The first-order chi connectivity index (χ1) is 20.7. The van der Waals surface area contributed by atoms with Crippen molar-refractivity contribution in [2.24, 2.45) is 0 Å². The lowest BCUT2D eigenvalue weighted by atomic mass is 10.1. The lowest BCUT2D eigenvalue weighted by Gasteiger charge is -2.34. The topological polar surface area (TPSA) is 105 Å². The summed E-state index contributed by atoms with van der Waals surface area (Å²) in [6.45, 7) is 1.37. The van der Waals surface area contributed by atoms with E-state index in [-0.39, 0.29) is 29.1 Å². The minimum Gasteiger partial charge on any atom is -0.497 e. The van der Waals surface area contributed by atoms with Crippen LogP contribution in [-0.2, 0) is 26.2 Å². The van der Waals surface area contributed by atoms with Crippen LogP contribution in [0.1, 0.15) is 44.6 Å². The van der Waals surface area contributed by atoms with Crippen LogP contribution in [0.25, 0.3) is 0 Å². The summed E-state index contributed by atoms with van der Waals surface area (Å²) in [4.78, 5) is 29.3. The molecular formula is C32H38ClN3O6S. The van der Waals surface area contributed by atoms with Gasteiger partial charge in [-0.3, -0.25) is 13.9 Å². The largest absolute Gasteiger partial charge is 0.497 e. The third kappa shape index (κ3) is 8.00. The molecule has 1 atom stereocenters. The van der Waals surface area contributed by atoms with Crippen molar-refractivity contribution in [2.75, 3.05) is 25.1 Å². The molecule has 0 radical (unpaired) electrons. The molecular weight excluding hydrogens is 590 g/mol. The van der Waals surface area contributed by atoms with Crippen molar-refractivity contribution in [3.8, 4) is 11.5 Å². The van der Waals surface area contributed by atoms with E-state index in [2.05, 4.69) is 5.32 Å². The number of ether oxygens (including phenoxy) is 2. The SMILES string of the molecule is CC[C@@H](C(=O)NC1CCCC1)N(Cc1cccc(OC)c1)C(=O)CN(c1cccc(Cl)c1)S(=O)(=O)c1ccc(OC)cc1. The van der Waals surface area contributed by atoms with Gasteiger partial charge in [0.15, 0.2) is 0 Å². The minimum atomic E-state index is -4.23. The Hall–Kier alpha value is -3.76. The maximum atomic E-state index is 14.2. The molecule has 1 fully saturated rings. The lowest BCUT2D eigenvalue weighted by Crippen LogP contribution is -2.53. The number of amides is 2. The second-order valence-electron chi connectivity index (χ2n) is 10.5. The van der Waals surface area contributed by atoms with E-state index in [0.29, 0.717) is 22.9 Å². The van der Waals surface area contributed by atoms with Crippen LogP contribution < -0.4 is 19.1 Å². The summed E-state index contributed by atoms with van der Waals surface area (Å²) in [5.74, 6) is 0.315. The summed E-state index contributed by atoms with van der Waals surface area (Å²) in [7, 11) is -1.18. The summed E-state index contributed by atoms with van der Waals surface area (Å²) >= 11 is 6.26. The van der Waals surface area contributed by atoms with E-state index in [1.807, 2.05) is 19.1 Å². The average molecular weight is 628 g/mol. The fourth-order valence-corrected chi connectivity index (χ4v) is 6.88. The highest BCUT2D eigenvalue weighted by atomic mass is 35.5.